The van der Waals surface area contributed by atoms with Crippen molar-refractivity contribution in [2.75, 3.05) is 38.7 Å². The van der Waals surface area contributed by atoms with Gasteiger partial charge in [0.05, 0.1) is 29.4 Å². The SMILES string of the molecule is CCN(CCOC)CC(=O)Nc1cc(C(=O)O)ccc1Cl. The predicted molar refractivity (Wildman–Crippen MR) is 81.0 cm³/mol. The van der Waals surface area contributed by atoms with Gasteiger partial charge in [0.1, 0.15) is 0 Å². The smallest absolute Gasteiger partial charge is 0.335 e. The number of carbonyl (C=O) groups excluding carboxylic acids is 1. The van der Waals surface area contributed by atoms with E-state index in [1.54, 1.807) is 7.11 Å². The van der Waals surface area contributed by atoms with Crippen LogP contribution in [0.25, 0.3) is 0 Å². The van der Waals surface area contributed by atoms with Gasteiger partial charge in [0, 0.05) is 13.7 Å². The summed E-state index contributed by atoms with van der Waals surface area (Å²) in [6.07, 6.45) is 0. The maximum absolute atomic E-state index is 12.0. The van der Waals surface area contributed by atoms with Crippen LogP contribution in [0.3, 0.4) is 0 Å². The van der Waals surface area contributed by atoms with Gasteiger partial charge in [0.25, 0.3) is 0 Å². The lowest BCUT2D eigenvalue weighted by molar-refractivity contribution is -0.117. The standard InChI is InChI=1S/C14H19ClN2O4/c1-3-17(6-7-21-2)9-13(18)16-12-8-10(14(19)20)4-5-11(12)15/h4-5,8H,3,6-7,9H2,1-2H3,(H,16,18)(H,19,20). The summed E-state index contributed by atoms with van der Waals surface area (Å²) >= 11 is 5.96. The highest BCUT2D eigenvalue weighted by Crippen LogP contribution is 2.23. The number of nitrogens with one attached hydrogen (secondary N) is 1. The minimum absolute atomic E-state index is 0.0708. The van der Waals surface area contributed by atoms with E-state index in [-0.39, 0.29) is 18.0 Å². The first-order valence-corrected chi connectivity index (χ1v) is 6.89. The Kier molecular flexibility index (Phi) is 7.14. The topological polar surface area (TPSA) is 78.9 Å². The Hall–Kier alpha value is -1.63. The van der Waals surface area contributed by atoms with E-state index < -0.39 is 5.97 Å². The summed E-state index contributed by atoms with van der Waals surface area (Å²) in [5, 5.41) is 11.9. The van der Waals surface area contributed by atoms with Crippen molar-refractivity contribution >= 4 is 29.2 Å². The first kappa shape index (κ1) is 17.4. The summed E-state index contributed by atoms with van der Waals surface area (Å²) in [4.78, 5) is 24.8. The van der Waals surface area contributed by atoms with Crippen LogP contribution < -0.4 is 5.32 Å². The van der Waals surface area contributed by atoms with Crippen LogP contribution in [-0.2, 0) is 9.53 Å². The third kappa shape index (κ3) is 5.71. The molecule has 1 amide bonds. The molecule has 0 aliphatic carbocycles. The first-order valence-electron chi connectivity index (χ1n) is 6.52. The molecule has 0 bridgehead atoms. The molecule has 0 aromatic heterocycles. The van der Waals surface area contributed by atoms with Crippen molar-refractivity contribution in [1.82, 2.24) is 4.90 Å². The molecule has 0 unspecified atom stereocenters. The normalized spacial score (nSPS) is 10.7. The van der Waals surface area contributed by atoms with E-state index in [0.717, 1.165) is 0 Å². The van der Waals surface area contributed by atoms with E-state index in [9.17, 15) is 9.59 Å². The third-order valence-electron chi connectivity index (χ3n) is 2.91. The summed E-state index contributed by atoms with van der Waals surface area (Å²) in [5.74, 6) is -1.32. The van der Waals surface area contributed by atoms with Crippen LogP contribution in [0.2, 0.25) is 5.02 Å². The average molecular weight is 315 g/mol. The summed E-state index contributed by atoms with van der Waals surface area (Å²) in [5.41, 5.74) is 0.366. The highest BCUT2D eigenvalue weighted by Gasteiger charge is 2.12. The lowest BCUT2D eigenvalue weighted by atomic mass is 10.2. The maximum atomic E-state index is 12.0. The molecule has 0 heterocycles. The van der Waals surface area contributed by atoms with Gasteiger partial charge in [-0.15, -0.1) is 0 Å². The van der Waals surface area contributed by atoms with E-state index >= 15 is 0 Å². The number of likely N-dealkylation sites (N-methyl/N-ethyl adjacent to an activating group) is 1. The van der Waals surface area contributed by atoms with E-state index in [1.165, 1.54) is 18.2 Å². The number of hydrogen-bond donors (Lipinski definition) is 2. The number of halogens is 1. The van der Waals surface area contributed by atoms with Crippen molar-refractivity contribution in [1.29, 1.82) is 0 Å². The molecule has 6 nitrogen and oxygen atoms in total. The van der Waals surface area contributed by atoms with Crippen LogP contribution in [-0.4, -0.2) is 55.2 Å². The number of hydrogen-bond acceptors (Lipinski definition) is 4. The molecule has 1 aromatic carbocycles. The fourth-order valence-electron chi connectivity index (χ4n) is 1.72. The molecule has 7 heteroatoms. The van der Waals surface area contributed by atoms with Gasteiger partial charge in [0.15, 0.2) is 0 Å². The molecule has 0 fully saturated rings. The number of carboxylic acids is 1. The Morgan fingerprint density at radius 1 is 1.43 bits per heavy atom. The number of anilines is 1. The van der Waals surface area contributed by atoms with Gasteiger partial charge in [-0.1, -0.05) is 18.5 Å². The van der Waals surface area contributed by atoms with Gasteiger partial charge in [-0.3, -0.25) is 9.69 Å². The molecule has 0 saturated carbocycles. The summed E-state index contributed by atoms with van der Waals surface area (Å²) < 4.78 is 4.98. The van der Waals surface area contributed by atoms with Gasteiger partial charge in [-0.25, -0.2) is 4.79 Å². The zero-order valence-corrected chi connectivity index (χ0v) is 12.8. The zero-order chi connectivity index (χ0) is 15.8. The number of ether oxygens (including phenoxy) is 1. The number of carbonyl (C=O) groups is 2. The van der Waals surface area contributed by atoms with Gasteiger partial charge in [-0.2, -0.15) is 0 Å². The van der Waals surface area contributed by atoms with Crippen LogP contribution in [0.5, 0.6) is 0 Å². The molecular formula is C14H19ClN2O4. The summed E-state index contributed by atoms with van der Waals surface area (Å²) in [6, 6.07) is 4.17. The molecule has 0 spiro atoms. The largest absolute Gasteiger partial charge is 0.478 e. The Balaban J connectivity index is 2.69. The maximum Gasteiger partial charge on any atom is 0.335 e. The number of carboxylic acid groups (broad SMARTS) is 1. The van der Waals surface area contributed by atoms with Crippen molar-refractivity contribution in [3.05, 3.63) is 28.8 Å². The van der Waals surface area contributed by atoms with Crippen molar-refractivity contribution in [3.63, 3.8) is 0 Å². The Bertz CT molecular complexity index is 508. The molecule has 0 radical (unpaired) electrons. The van der Waals surface area contributed by atoms with E-state index in [4.69, 9.17) is 21.4 Å². The summed E-state index contributed by atoms with van der Waals surface area (Å²) in [6.45, 7) is 4.02. The summed E-state index contributed by atoms with van der Waals surface area (Å²) in [7, 11) is 1.60. The molecule has 2 N–H and O–H groups in total. The minimum Gasteiger partial charge on any atom is -0.478 e. The molecule has 0 aliphatic rings. The molecule has 0 saturated heterocycles. The van der Waals surface area contributed by atoms with Gasteiger partial charge in [0.2, 0.25) is 5.91 Å². The van der Waals surface area contributed by atoms with Crippen molar-refractivity contribution in [3.8, 4) is 0 Å². The lowest BCUT2D eigenvalue weighted by Crippen LogP contribution is -2.35. The lowest BCUT2D eigenvalue weighted by Gasteiger charge is -2.19. The van der Waals surface area contributed by atoms with E-state index in [2.05, 4.69) is 5.32 Å². The molecule has 21 heavy (non-hydrogen) atoms. The van der Waals surface area contributed by atoms with Crippen LogP contribution >= 0.6 is 11.6 Å². The van der Waals surface area contributed by atoms with Gasteiger partial charge in [-0.05, 0) is 24.7 Å². The fourth-order valence-corrected chi connectivity index (χ4v) is 1.88. The molecule has 0 atom stereocenters. The number of aromatic carboxylic acids is 1. The Labute approximate surface area is 128 Å². The van der Waals surface area contributed by atoms with Crippen LogP contribution in [0.15, 0.2) is 18.2 Å². The quantitative estimate of drug-likeness (QED) is 0.766. The highest BCUT2D eigenvalue weighted by atomic mass is 35.5. The Morgan fingerprint density at radius 3 is 2.71 bits per heavy atom. The number of benzene rings is 1. The van der Waals surface area contributed by atoms with Crippen LogP contribution in [0.1, 0.15) is 17.3 Å². The minimum atomic E-state index is -1.07. The molecule has 0 aliphatic heterocycles. The van der Waals surface area contributed by atoms with Crippen LogP contribution in [0, 0.1) is 0 Å². The monoisotopic (exact) mass is 314 g/mol. The Morgan fingerprint density at radius 2 is 2.14 bits per heavy atom. The fraction of sp³-hybridized carbons (Fsp3) is 0.429. The second-order valence-corrected chi connectivity index (χ2v) is 4.82. The van der Waals surface area contributed by atoms with Crippen LogP contribution in [0.4, 0.5) is 5.69 Å². The number of amides is 1. The van der Waals surface area contributed by atoms with Crippen molar-refractivity contribution in [2.45, 2.75) is 6.92 Å². The first-order chi connectivity index (χ1) is 9.97. The zero-order valence-electron chi connectivity index (χ0n) is 12.1. The average Bonchev–Trinajstić information content (AvgIpc) is 2.45. The molecule has 116 valence electrons. The highest BCUT2D eigenvalue weighted by molar-refractivity contribution is 6.33. The molecule has 1 rings (SSSR count). The van der Waals surface area contributed by atoms with Crippen molar-refractivity contribution < 1.29 is 19.4 Å². The molecule has 1 aromatic rings. The third-order valence-corrected chi connectivity index (χ3v) is 3.24. The van der Waals surface area contributed by atoms with Gasteiger partial charge >= 0.3 is 5.97 Å². The van der Waals surface area contributed by atoms with Crippen molar-refractivity contribution in [2.24, 2.45) is 0 Å². The number of methoxy groups -OCH3 is 1. The van der Waals surface area contributed by atoms with Gasteiger partial charge < -0.3 is 15.2 Å². The second-order valence-electron chi connectivity index (χ2n) is 4.41. The number of rotatable bonds is 8. The van der Waals surface area contributed by atoms with E-state index in [0.29, 0.717) is 30.4 Å². The number of nitrogens with zero attached hydrogens (tertiary/aromatic N) is 1. The predicted octanol–water partition coefficient (Wildman–Crippen LogP) is 1.94. The van der Waals surface area contributed by atoms with E-state index in [1.807, 2.05) is 11.8 Å². The molecular weight excluding hydrogens is 296 g/mol. The second kappa shape index (κ2) is 8.61.